The summed E-state index contributed by atoms with van der Waals surface area (Å²) in [7, 11) is -0.898. The molecule has 3 amide bonds. The van der Waals surface area contributed by atoms with Crippen LogP contribution in [0.4, 0.5) is 17.2 Å². The number of aromatic nitrogens is 2. The van der Waals surface area contributed by atoms with Crippen LogP contribution in [-0.4, -0.2) is 164 Å². The van der Waals surface area contributed by atoms with Gasteiger partial charge in [-0.1, -0.05) is 108 Å². The van der Waals surface area contributed by atoms with Crippen LogP contribution in [0.25, 0.3) is 0 Å². The lowest BCUT2D eigenvalue weighted by atomic mass is 9.86. The fraction of sp³-hybridized carbons (Fsp3) is 0.233. The van der Waals surface area contributed by atoms with Crippen molar-refractivity contribution in [2.45, 2.75) is 37.8 Å². The first kappa shape index (κ1) is 66.9. The summed E-state index contributed by atoms with van der Waals surface area (Å²) in [5, 5.41) is 59.1. The van der Waals surface area contributed by atoms with Crippen molar-refractivity contribution < 1.29 is 44.2 Å². The number of pyridine rings is 2. The van der Waals surface area contributed by atoms with Gasteiger partial charge in [0.1, 0.15) is 0 Å². The second-order valence-corrected chi connectivity index (χ2v) is 19.3. The molecule has 0 aliphatic carbocycles. The third-order valence-corrected chi connectivity index (χ3v) is 12.2. The fourth-order valence-corrected chi connectivity index (χ4v) is 7.63. The van der Waals surface area contributed by atoms with E-state index in [4.69, 9.17) is 32.5 Å². The van der Waals surface area contributed by atoms with Gasteiger partial charge in [-0.25, -0.2) is 14.8 Å². The molecule has 86 heavy (non-hydrogen) atoms. The minimum atomic E-state index is -1.10. The average Bonchev–Trinajstić information content (AvgIpc) is 2.25. The maximum Gasteiger partial charge on any atom is 0.382 e. The third-order valence-electron chi connectivity index (χ3n) is 11.9. The van der Waals surface area contributed by atoms with E-state index in [1.165, 1.54) is 36.7 Å². The van der Waals surface area contributed by atoms with Gasteiger partial charge in [0.2, 0.25) is 11.0 Å². The number of nitro groups is 2. The van der Waals surface area contributed by atoms with Gasteiger partial charge in [0.05, 0.1) is 15.9 Å². The zero-order chi connectivity index (χ0) is 62.2. The molecule has 26 heteroatoms. The van der Waals surface area contributed by atoms with Gasteiger partial charge in [0.25, 0.3) is 17.7 Å². The van der Waals surface area contributed by atoms with Crippen LogP contribution in [0.2, 0.25) is 18.8 Å². The number of nitrogens with zero attached hydrogens (tertiary/aromatic N) is 7. The Morgan fingerprint density at radius 1 is 0.558 bits per heavy atom. The lowest BCUT2D eigenvalue weighted by molar-refractivity contribution is -0.385. The monoisotopic (exact) mass is 1180 g/mol. The Kier molecular flexibility index (Phi) is 27.9. The lowest BCUT2D eigenvalue weighted by Crippen LogP contribution is -2.62. The van der Waals surface area contributed by atoms with Crippen molar-refractivity contribution in [1.29, 1.82) is 0 Å². The molecule has 0 atom stereocenters. The molecule has 0 bridgehead atoms. The standard InChI is InChI=1S/C17H14N4O3.C13H15BN2O2.C12H12N2O.C9H6O2.C5H3ClN2O2.C4H11BN2O/c22-16(9-8-13-5-2-1-3-6-13)20-11-14(12-20)19-17-15(21(23)24)7-4-10-18-17;1-14(18)15-12-9-16(10-12)13(17)8-7-11-5-3-2-4-6-11;13-11-8-14(9-11)12(15)7-6-10-4-2-1-3-5-10;10-9(11)7-6-8-4-2-1-3-5-8;6-5-4(8(9)10)2-1-3-7-5;1-5(8)7-4-2-6-3-4/h1-7,10,14H,11-12H2,(H,18,19);2-6,12,15,18H,9-10H2,1H3;1-5,11H,8-9,13H2;1-5H,(H,10,11);1-3H;4,6-8H,2-3H2,1H3. The molecule has 0 saturated carbocycles. The number of carbonyl (C=O) groups excluding carboxylic acids is 3. The molecule has 23 nitrogen and oxygen atoms in total. The predicted molar refractivity (Wildman–Crippen MR) is 327 cm³/mol. The van der Waals surface area contributed by atoms with Crippen LogP contribution in [0.1, 0.15) is 22.3 Å². The average molecular weight is 1180 g/mol. The topological polar surface area (TPSA) is 325 Å². The fourth-order valence-electron chi connectivity index (χ4n) is 7.44. The number of halogens is 1. The van der Waals surface area contributed by atoms with Crippen molar-refractivity contribution in [3.05, 3.63) is 206 Å². The van der Waals surface area contributed by atoms with Crippen LogP contribution in [-0.2, 0) is 19.2 Å². The van der Waals surface area contributed by atoms with E-state index in [0.717, 1.165) is 35.3 Å². The molecule has 4 aliphatic rings. The maximum absolute atomic E-state index is 12.0. The van der Waals surface area contributed by atoms with Gasteiger partial charge in [0, 0.05) is 141 Å². The van der Waals surface area contributed by atoms with Gasteiger partial charge >= 0.3 is 31.4 Å². The first-order chi connectivity index (χ1) is 41.3. The molecule has 4 fully saturated rings. The molecule has 0 radical (unpaired) electrons. The summed E-state index contributed by atoms with van der Waals surface area (Å²) in [5.41, 5.74) is 8.53. The third kappa shape index (κ3) is 24.9. The summed E-state index contributed by atoms with van der Waals surface area (Å²) in [6.45, 7) is 8.73. The van der Waals surface area contributed by atoms with Crippen LogP contribution in [0.15, 0.2) is 158 Å². The zero-order valence-corrected chi connectivity index (χ0v) is 47.6. The number of carboxylic acids is 1. The second kappa shape index (κ2) is 35.9. The number of carbonyl (C=O) groups is 4. The second-order valence-electron chi connectivity index (χ2n) is 18.9. The number of hydrogen-bond acceptors (Lipinski definition) is 17. The summed E-state index contributed by atoms with van der Waals surface area (Å²) < 4.78 is 0. The van der Waals surface area contributed by atoms with Crippen LogP contribution in [0.5, 0.6) is 0 Å². The smallest absolute Gasteiger partial charge is 0.382 e. The number of likely N-dealkylation sites (tertiary alicyclic amines) is 3. The van der Waals surface area contributed by atoms with E-state index in [9.17, 15) is 39.4 Å². The Morgan fingerprint density at radius 2 is 0.919 bits per heavy atom. The van der Waals surface area contributed by atoms with Crippen LogP contribution in [0.3, 0.4) is 0 Å². The zero-order valence-electron chi connectivity index (χ0n) is 46.8. The molecule has 0 unspecified atom stereocenters. The van der Waals surface area contributed by atoms with Crippen molar-refractivity contribution in [2.75, 3.05) is 57.7 Å². The van der Waals surface area contributed by atoms with E-state index in [1.54, 1.807) is 40.5 Å². The molecule has 440 valence electrons. The Labute approximate surface area is 503 Å². The Morgan fingerprint density at radius 3 is 1.24 bits per heavy atom. The van der Waals surface area contributed by atoms with E-state index in [0.29, 0.717) is 45.3 Å². The van der Waals surface area contributed by atoms with E-state index in [2.05, 4.69) is 72.5 Å². The summed E-state index contributed by atoms with van der Waals surface area (Å²) in [6, 6.07) is 43.6. The number of hydrogen-bond donors (Lipinski definition) is 8. The van der Waals surface area contributed by atoms with Gasteiger partial charge < -0.3 is 56.7 Å². The van der Waals surface area contributed by atoms with Gasteiger partial charge in [-0.2, -0.15) is 0 Å². The highest BCUT2D eigenvalue weighted by molar-refractivity contribution is 6.45. The molecule has 9 N–H and O–H groups in total. The first-order valence-corrected chi connectivity index (χ1v) is 27.0. The molecule has 10 rings (SSSR count). The number of carboxylic acid groups (broad SMARTS) is 1. The van der Waals surface area contributed by atoms with Crippen molar-refractivity contribution in [1.82, 2.24) is 40.4 Å². The van der Waals surface area contributed by atoms with Crippen LogP contribution >= 0.6 is 11.6 Å². The molecule has 2 aromatic heterocycles. The highest BCUT2D eigenvalue weighted by Crippen LogP contribution is 2.23. The van der Waals surface area contributed by atoms with Gasteiger partial charge in [-0.05, 0) is 74.3 Å². The largest absolute Gasteiger partial charge is 0.472 e. The molecule has 4 aliphatic heterocycles. The maximum atomic E-state index is 12.0. The number of aliphatic carboxylic acids is 1. The first-order valence-electron chi connectivity index (χ1n) is 26.7. The van der Waals surface area contributed by atoms with Gasteiger partial charge in [-0.3, -0.25) is 34.6 Å². The van der Waals surface area contributed by atoms with Crippen molar-refractivity contribution >= 4 is 66.6 Å². The van der Waals surface area contributed by atoms with E-state index >= 15 is 0 Å². The Bertz CT molecular complexity index is 3460. The molecular weight excluding hydrogens is 1120 g/mol. The molecule has 6 aromatic rings. The predicted octanol–water partition coefficient (Wildman–Crippen LogP) is 3.24. The van der Waals surface area contributed by atoms with Crippen molar-refractivity contribution in [2.24, 2.45) is 5.73 Å². The van der Waals surface area contributed by atoms with E-state index in [-0.39, 0.29) is 65.2 Å². The highest BCUT2D eigenvalue weighted by Gasteiger charge is 2.32. The Balaban J connectivity index is 0.000000196. The summed E-state index contributed by atoms with van der Waals surface area (Å²) >= 11 is 5.37. The minimum Gasteiger partial charge on any atom is -0.472 e. The van der Waals surface area contributed by atoms with Crippen LogP contribution < -0.4 is 26.8 Å². The number of anilines is 1. The molecule has 4 saturated heterocycles. The minimum absolute atomic E-state index is 0.0684. The van der Waals surface area contributed by atoms with E-state index in [1.807, 2.05) is 115 Å². The summed E-state index contributed by atoms with van der Waals surface area (Å²) in [5.74, 6) is 19.4. The number of nitrogens with one attached hydrogen (secondary N) is 4. The lowest BCUT2D eigenvalue weighted by Gasteiger charge is -2.38. The molecule has 4 aromatic carbocycles. The quantitative estimate of drug-likeness (QED) is 0.0356. The molecule has 6 heterocycles. The highest BCUT2D eigenvalue weighted by atomic mass is 35.5. The molecular formula is C60H61B2ClN12O11. The Hall–Kier alpha value is -9.92. The molecule has 0 spiro atoms. The van der Waals surface area contributed by atoms with Gasteiger partial charge in [-0.15, -0.1) is 0 Å². The number of rotatable bonds is 8. The van der Waals surface area contributed by atoms with Crippen molar-refractivity contribution in [3.8, 4) is 47.4 Å². The summed E-state index contributed by atoms with van der Waals surface area (Å²) in [6.07, 6.45) is 2.89. The van der Waals surface area contributed by atoms with Crippen molar-refractivity contribution in [3.63, 3.8) is 0 Å². The number of amides is 3. The van der Waals surface area contributed by atoms with Crippen LogP contribution in [0, 0.1) is 67.6 Å². The number of nitrogens with two attached hydrogens (primary N) is 1. The summed E-state index contributed by atoms with van der Waals surface area (Å²) in [4.78, 5) is 77.5. The van der Waals surface area contributed by atoms with E-state index < -0.39 is 22.9 Å². The number of benzene rings is 4. The van der Waals surface area contributed by atoms with Gasteiger partial charge in [0.15, 0.2) is 0 Å². The SMILES string of the molecule is CB(O)NC1CN(C(=O)C#Cc2ccccc2)C1.CB(O)NC1CNC1.NC1CN(C(=O)C#Cc2ccccc2)C1.O=C(C#Cc1ccccc1)N1CC(Nc2ncccc2[N+](=O)[O-])C1.O=C(O)C#Cc1ccccc1.O=[N+]([O-])c1cccnc1Cl. The normalized spacial score (nSPS) is 13.4.